The van der Waals surface area contributed by atoms with Crippen molar-refractivity contribution in [1.29, 1.82) is 0 Å². The van der Waals surface area contributed by atoms with Gasteiger partial charge in [0.25, 0.3) is 0 Å². The van der Waals surface area contributed by atoms with Crippen LogP contribution in [0.25, 0.3) is 122 Å². The molecule has 0 aliphatic heterocycles. The second-order valence-electron chi connectivity index (χ2n) is 15.9. The average molecular weight is 788 g/mol. The molecule has 3 nitrogen and oxygen atoms in total. The highest BCUT2D eigenvalue weighted by molar-refractivity contribution is 6.28. The molecule has 1 aliphatic carbocycles. The van der Waals surface area contributed by atoms with Gasteiger partial charge < -0.3 is 0 Å². The van der Waals surface area contributed by atoms with E-state index in [9.17, 15) is 0 Å². The highest BCUT2D eigenvalue weighted by Gasteiger charge is 2.31. The number of fused-ring (bicyclic) bond motifs is 4. The van der Waals surface area contributed by atoms with Crippen LogP contribution >= 0.6 is 0 Å². The first-order valence-corrected chi connectivity index (χ1v) is 21.1. The molecule has 0 spiro atoms. The zero-order valence-corrected chi connectivity index (χ0v) is 33.7. The van der Waals surface area contributed by atoms with Gasteiger partial charge in [0.2, 0.25) is 0 Å². The third-order valence-corrected chi connectivity index (χ3v) is 12.4. The van der Waals surface area contributed by atoms with E-state index in [1.54, 1.807) is 0 Å². The predicted octanol–water partition coefficient (Wildman–Crippen LogP) is 15.5. The van der Waals surface area contributed by atoms with Crippen molar-refractivity contribution in [3.63, 3.8) is 0 Å². The molecule has 0 saturated heterocycles. The Bertz CT molecular complexity index is 3360. The molecule has 288 valence electrons. The van der Waals surface area contributed by atoms with E-state index in [0.717, 1.165) is 44.8 Å². The standard InChI is InChI=1S/C59H37N3/c1-4-13-41(14-5-1)52-37-53(62-59(61-52)45-29-23-38(24-30-45)39-33-35-60-36-34-39)42-27-25-40(26-28-42)46-31-32-51-56-47(46)21-12-22-50(56)57-54(43-15-6-2-7-16-43)48-19-10-11-20-49(48)55(58(51)57)44-17-8-3-9-18-44/h1-37H. The first-order valence-electron chi connectivity index (χ1n) is 21.1. The van der Waals surface area contributed by atoms with Crippen LogP contribution in [0.1, 0.15) is 0 Å². The highest BCUT2D eigenvalue weighted by atomic mass is 14.9. The molecule has 0 fully saturated rings. The molecule has 3 heteroatoms. The van der Waals surface area contributed by atoms with E-state index >= 15 is 0 Å². The third kappa shape index (κ3) is 5.94. The Morgan fingerprint density at radius 1 is 0.258 bits per heavy atom. The lowest BCUT2D eigenvalue weighted by molar-refractivity contribution is 1.18. The highest BCUT2D eigenvalue weighted by Crippen LogP contribution is 2.58. The molecule has 0 N–H and O–H groups in total. The maximum absolute atomic E-state index is 5.18. The molecule has 0 unspecified atom stereocenters. The largest absolute Gasteiger partial charge is 0.265 e. The van der Waals surface area contributed by atoms with Gasteiger partial charge in [-0.25, -0.2) is 9.97 Å². The van der Waals surface area contributed by atoms with E-state index in [2.05, 4.69) is 199 Å². The van der Waals surface area contributed by atoms with Crippen molar-refractivity contribution in [3.8, 4) is 101 Å². The van der Waals surface area contributed by atoms with Crippen LogP contribution in [0.2, 0.25) is 0 Å². The van der Waals surface area contributed by atoms with Crippen molar-refractivity contribution in [2.24, 2.45) is 0 Å². The van der Waals surface area contributed by atoms with E-state index in [4.69, 9.17) is 9.97 Å². The Hall–Kier alpha value is -8.27. The van der Waals surface area contributed by atoms with Crippen molar-refractivity contribution in [2.45, 2.75) is 0 Å². The SMILES string of the molecule is c1ccc(-c2cc(-c3ccc(-c4ccc5c6c(cccc46)-c4c-5c(-c5ccccc5)c5ccccc5c4-c4ccccc4)cc3)nc(-c3ccc(-c4ccncc4)cc3)n2)cc1. The smallest absolute Gasteiger partial charge is 0.160 e. The van der Waals surface area contributed by atoms with Gasteiger partial charge in [-0.3, -0.25) is 4.98 Å². The van der Waals surface area contributed by atoms with Crippen molar-refractivity contribution in [1.82, 2.24) is 15.0 Å². The number of hydrogen-bond acceptors (Lipinski definition) is 3. The minimum Gasteiger partial charge on any atom is -0.265 e. The van der Waals surface area contributed by atoms with Crippen LogP contribution < -0.4 is 0 Å². The summed E-state index contributed by atoms with van der Waals surface area (Å²) in [5, 5.41) is 5.08. The summed E-state index contributed by atoms with van der Waals surface area (Å²) in [5.74, 6) is 0.691. The van der Waals surface area contributed by atoms with Gasteiger partial charge in [-0.2, -0.15) is 0 Å². The van der Waals surface area contributed by atoms with Crippen molar-refractivity contribution < 1.29 is 0 Å². The molecule has 11 aromatic rings. The fourth-order valence-electron chi connectivity index (χ4n) is 9.52. The quantitative estimate of drug-likeness (QED) is 0.161. The number of aromatic nitrogens is 3. The van der Waals surface area contributed by atoms with Gasteiger partial charge in [-0.05, 0) is 107 Å². The first-order chi connectivity index (χ1) is 30.8. The van der Waals surface area contributed by atoms with Crippen LogP contribution in [-0.4, -0.2) is 15.0 Å². The van der Waals surface area contributed by atoms with Crippen molar-refractivity contribution in [2.75, 3.05) is 0 Å². The number of benzene rings is 9. The van der Waals surface area contributed by atoms with E-state index in [1.165, 1.54) is 71.6 Å². The fraction of sp³-hybridized carbons (Fsp3) is 0. The molecule has 9 aromatic carbocycles. The second-order valence-corrected chi connectivity index (χ2v) is 15.9. The molecule has 0 saturated carbocycles. The molecule has 1 aliphatic rings. The van der Waals surface area contributed by atoms with Crippen molar-refractivity contribution in [3.05, 3.63) is 225 Å². The number of rotatable bonds is 7. The summed E-state index contributed by atoms with van der Waals surface area (Å²) in [7, 11) is 0. The van der Waals surface area contributed by atoms with Crippen molar-refractivity contribution >= 4 is 21.5 Å². The lowest BCUT2D eigenvalue weighted by Crippen LogP contribution is -1.96. The van der Waals surface area contributed by atoms with Crippen LogP contribution in [-0.2, 0) is 0 Å². The molecular weight excluding hydrogens is 751 g/mol. The van der Waals surface area contributed by atoms with Crippen LogP contribution in [0.5, 0.6) is 0 Å². The monoisotopic (exact) mass is 787 g/mol. The first kappa shape index (κ1) is 35.7. The van der Waals surface area contributed by atoms with Gasteiger partial charge in [0, 0.05) is 29.1 Å². The molecular formula is C59H37N3. The Kier molecular flexibility index (Phi) is 8.50. The number of hydrogen-bond donors (Lipinski definition) is 0. The van der Waals surface area contributed by atoms with Gasteiger partial charge in [-0.15, -0.1) is 0 Å². The summed E-state index contributed by atoms with van der Waals surface area (Å²) >= 11 is 0. The molecule has 2 heterocycles. The third-order valence-electron chi connectivity index (χ3n) is 12.4. The van der Waals surface area contributed by atoms with E-state index < -0.39 is 0 Å². The Morgan fingerprint density at radius 3 is 1.29 bits per heavy atom. The zero-order valence-electron chi connectivity index (χ0n) is 33.7. The number of nitrogens with zero attached hydrogens (tertiary/aromatic N) is 3. The maximum Gasteiger partial charge on any atom is 0.160 e. The molecule has 0 atom stereocenters. The van der Waals surface area contributed by atoms with Gasteiger partial charge in [0.15, 0.2) is 5.82 Å². The van der Waals surface area contributed by atoms with Crippen LogP contribution in [0.3, 0.4) is 0 Å². The van der Waals surface area contributed by atoms with Gasteiger partial charge in [-0.1, -0.05) is 194 Å². The molecule has 0 radical (unpaired) electrons. The molecule has 2 aromatic heterocycles. The van der Waals surface area contributed by atoms with E-state index in [0.29, 0.717) is 5.82 Å². The molecule has 12 rings (SSSR count). The Balaban J connectivity index is 0.991. The van der Waals surface area contributed by atoms with Crippen LogP contribution in [0.15, 0.2) is 225 Å². The van der Waals surface area contributed by atoms with Crippen LogP contribution in [0, 0.1) is 0 Å². The number of pyridine rings is 1. The predicted molar refractivity (Wildman–Crippen MR) is 257 cm³/mol. The van der Waals surface area contributed by atoms with Crippen LogP contribution in [0.4, 0.5) is 0 Å². The average Bonchev–Trinajstić information content (AvgIpc) is 3.69. The lowest BCUT2D eigenvalue weighted by Gasteiger charge is -2.20. The Labute approximate surface area is 360 Å². The van der Waals surface area contributed by atoms with E-state index in [-0.39, 0.29) is 0 Å². The van der Waals surface area contributed by atoms with E-state index in [1.807, 2.05) is 30.6 Å². The molecule has 62 heavy (non-hydrogen) atoms. The summed E-state index contributed by atoms with van der Waals surface area (Å²) in [5.41, 5.74) is 19.6. The van der Waals surface area contributed by atoms with Gasteiger partial charge in [0.1, 0.15) is 0 Å². The summed E-state index contributed by atoms with van der Waals surface area (Å²) in [4.78, 5) is 14.4. The topological polar surface area (TPSA) is 38.7 Å². The summed E-state index contributed by atoms with van der Waals surface area (Å²) in [6.07, 6.45) is 3.64. The summed E-state index contributed by atoms with van der Waals surface area (Å²) in [6, 6.07) is 76.2. The normalized spacial score (nSPS) is 11.5. The molecule has 0 amide bonds. The Morgan fingerprint density at radius 2 is 0.694 bits per heavy atom. The second kappa shape index (κ2) is 14.8. The molecule has 0 bridgehead atoms. The van der Waals surface area contributed by atoms with Gasteiger partial charge >= 0.3 is 0 Å². The summed E-state index contributed by atoms with van der Waals surface area (Å²) < 4.78 is 0. The van der Waals surface area contributed by atoms with Gasteiger partial charge in [0.05, 0.1) is 11.4 Å². The maximum atomic E-state index is 5.18. The minimum atomic E-state index is 0.691. The minimum absolute atomic E-state index is 0.691. The fourth-order valence-corrected chi connectivity index (χ4v) is 9.52. The summed E-state index contributed by atoms with van der Waals surface area (Å²) in [6.45, 7) is 0. The zero-order chi connectivity index (χ0) is 41.0. The lowest BCUT2D eigenvalue weighted by atomic mass is 9.82.